The van der Waals surface area contributed by atoms with Crippen molar-refractivity contribution >= 4 is 0 Å². The van der Waals surface area contributed by atoms with Crippen molar-refractivity contribution in [2.75, 3.05) is 20.3 Å². The van der Waals surface area contributed by atoms with Crippen molar-refractivity contribution in [3.05, 3.63) is 29.6 Å². The van der Waals surface area contributed by atoms with Gasteiger partial charge in [0.05, 0.1) is 12.2 Å². The van der Waals surface area contributed by atoms with Gasteiger partial charge in [0.1, 0.15) is 11.6 Å². The normalized spacial score (nSPS) is 13.2. The third-order valence-corrected chi connectivity index (χ3v) is 3.65. The van der Waals surface area contributed by atoms with Gasteiger partial charge in [-0.1, -0.05) is 6.92 Å². The van der Waals surface area contributed by atoms with E-state index in [-0.39, 0.29) is 17.5 Å². The minimum Gasteiger partial charge on any atom is -0.493 e. The van der Waals surface area contributed by atoms with E-state index in [1.807, 2.05) is 20.8 Å². The number of ether oxygens (including phenoxy) is 2. The Balaban J connectivity index is 2.72. The maximum absolute atomic E-state index is 13.5. The molecular formula is C17H28FNO2. The zero-order valence-electron chi connectivity index (χ0n) is 13.8. The number of hydrogen-bond donors (Lipinski definition) is 1. The molecule has 1 rings (SSSR count). The number of methoxy groups -OCH3 is 1. The molecule has 1 unspecified atom stereocenters. The van der Waals surface area contributed by atoms with Crippen LogP contribution in [0.5, 0.6) is 5.75 Å². The van der Waals surface area contributed by atoms with Crippen LogP contribution in [0.25, 0.3) is 0 Å². The summed E-state index contributed by atoms with van der Waals surface area (Å²) in [5.74, 6) is 0.499. The highest BCUT2D eigenvalue weighted by molar-refractivity contribution is 5.36. The minimum atomic E-state index is -0.236. The van der Waals surface area contributed by atoms with Crippen molar-refractivity contribution in [2.24, 2.45) is 0 Å². The second-order valence-electron chi connectivity index (χ2n) is 5.92. The van der Waals surface area contributed by atoms with Gasteiger partial charge in [0.25, 0.3) is 0 Å². The van der Waals surface area contributed by atoms with Gasteiger partial charge >= 0.3 is 0 Å². The Bertz CT molecular complexity index is 435. The second-order valence-corrected chi connectivity index (χ2v) is 5.92. The van der Waals surface area contributed by atoms with Crippen LogP contribution in [0.3, 0.4) is 0 Å². The standard InChI is InChI=1S/C17H28FNO2/c1-6-10-19-13(2)15-12-14(18)7-8-16(15)21-11-9-17(3,4)20-5/h7-8,12-13,19H,6,9-11H2,1-5H3. The van der Waals surface area contributed by atoms with Crippen molar-refractivity contribution in [3.8, 4) is 5.75 Å². The highest BCUT2D eigenvalue weighted by atomic mass is 19.1. The SMILES string of the molecule is CCCNC(C)c1cc(F)ccc1OCCC(C)(C)OC. The van der Waals surface area contributed by atoms with Crippen molar-refractivity contribution in [1.82, 2.24) is 5.32 Å². The zero-order valence-corrected chi connectivity index (χ0v) is 13.8. The monoisotopic (exact) mass is 297 g/mol. The first-order chi connectivity index (χ1) is 9.89. The lowest BCUT2D eigenvalue weighted by Crippen LogP contribution is -2.25. The van der Waals surface area contributed by atoms with E-state index in [9.17, 15) is 4.39 Å². The molecule has 0 aliphatic rings. The lowest BCUT2D eigenvalue weighted by atomic mass is 10.1. The summed E-state index contributed by atoms with van der Waals surface area (Å²) in [6, 6.07) is 4.75. The molecule has 0 amide bonds. The predicted octanol–water partition coefficient (Wildman–Crippen LogP) is 4.08. The van der Waals surface area contributed by atoms with Gasteiger partial charge in [-0.15, -0.1) is 0 Å². The summed E-state index contributed by atoms with van der Waals surface area (Å²) in [5, 5.41) is 3.36. The lowest BCUT2D eigenvalue weighted by Gasteiger charge is -2.24. The minimum absolute atomic E-state index is 0.0612. The van der Waals surface area contributed by atoms with Crippen LogP contribution in [-0.2, 0) is 4.74 Å². The Morgan fingerprint density at radius 1 is 1.33 bits per heavy atom. The molecule has 0 spiro atoms. The number of nitrogens with one attached hydrogen (secondary N) is 1. The fraction of sp³-hybridized carbons (Fsp3) is 0.647. The van der Waals surface area contributed by atoms with Crippen LogP contribution < -0.4 is 10.1 Å². The van der Waals surface area contributed by atoms with Gasteiger partial charge < -0.3 is 14.8 Å². The third kappa shape index (κ3) is 6.02. The van der Waals surface area contributed by atoms with Gasteiger partial charge in [-0.25, -0.2) is 4.39 Å². The van der Waals surface area contributed by atoms with E-state index in [1.165, 1.54) is 6.07 Å². The summed E-state index contributed by atoms with van der Waals surface area (Å²) in [5.41, 5.74) is 0.644. The first-order valence-electron chi connectivity index (χ1n) is 7.60. The Labute approximate surface area is 127 Å². The molecule has 0 aliphatic carbocycles. The molecule has 0 aliphatic heterocycles. The molecule has 4 heteroatoms. The molecule has 0 saturated carbocycles. The second kappa shape index (κ2) is 8.35. The molecule has 3 nitrogen and oxygen atoms in total. The van der Waals surface area contributed by atoms with Crippen LogP contribution in [0.1, 0.15) is 52.1 Å². The van der Waals surface area contributed by atoms with Crippen LogP contribution in [0, 0.1) is 5.82 Å². The summed E-state index contributed by atoms with van der Waals surface area (Å²) in [6.45, 7) is 9.61. The first-order valence-corrected chi connectivity index (χ1v) is 7.60. The van der Waals surface area contributed by atoms with Gasteiger partial charge in [-0.05, 0) is 51.9 Å². The molecule has 1 atom stereocenters. The summed E-state index contributed by atoms with van der Waals surface area (Å²) < 4.78 is 24.7. The topological polar surface area (TPSA) is 30.5 Å². The van der Waals surface area contributed by atoms with Crippen molar-refractivity contribution in [1.29, 1.82) is 0 Å². The lowest BCUT2D eigenvalue weighted by molar-refractivity contribution is 0.00534. The largest absolute Gasteiger partial charge is 0.493 e. The van der Waals surface area contributed by atoms with E-state index >= 15 is 0 Å². The van der Waals surface area contributed by atoms with Gasteiger partial charge in [0.15, 0.2) is 0 Å². The number of rotatable bonds is 9. The van der Waals surface area contributed by atoms with E-state index < -0.39 is 0 Å². The molecule has 0 fully saturated rings. The van der Waals surface area contributed by atoms with Crippen LogP contribution in [0.4, 0.5) is 4.39 Å². The highest BCUT2D eigenvalue weighted by Gasteiger charge is 2.17. The Morgan fingerprint density at radius 3 is 2.67 bits per heavy atom. The third-order valence-electron chi connectivity index (χ3n) is 3.65. The summed E-state index contributed by atoms with van der Waals surface area (Å²) in [6.07, 6.45) is 1.81. The molecule has 0 heterocycles. The Kier molecular flexibility index (Phi) is 7.12. The average molecular weight is 297 g/mol. The highest BCUT2D eigenvalue weighted by Crippen LogP contribution is 2.27. The van der Waals surface area contributed by atoms with Gasteiger partial charge in [-0.3, -0.25) is 0 Å². The average Bonchev–Trinajstić information content (AvgIpc) is 2.46. The fourth-order valence-electron chi connectivity index (χ4n) is 1.97. The number of hydrogen-bond acceptors (Lipinski definition) is 3. The molecule has 1 aromatic carbocycles. The Hall–Kier alpha value is -1.13. The first kappa shape index (κ1) is 17.9. The maximum atomic E-state index is 13.5. The molecular weight excluding hydrogens is 269 g/mol. The molecule has 1 N–H and O–H groups in total. The van der Waals surface area contributed by atoms with Crippen LogP contribution in [0.15, 0.2) is 18.2 Å². The number of halogens is 1. The maximum Gasteiger partial charge on any atom is 0.124 e. The molecule has 0 radical (unpaired) electrons. The van der Waals surface area contributed by atoms with E-state index in [0.29, 0.717) is 6.61 Å². The zero-order chi connectivity index (χ0) is 15.9. The van der Waals surface area contributed by atoms with Crippen LogP contribution in [0.2, 0.25) is 0 Å². The van der Waals surface area contributed by atoms with Crippen molar-refractivity contribution < 1.29 is 13.9 Å². The molecule has 0 saturated heterocycles. The fourth-order valence-corrected chi connectivity index (χ4v) is 1.97. The quantitative estimate of drug-likeness (QED) is 0.745. The van der Waals surface area contributed by atoms with Gasteiger partial charge in [0, 0.05) is 25.1 Å². The van der Waals surface area contributed by atoms with Crippen molar-refractivity contribution in [2.45, 2.75) is 52.2 Å². The van der Waals surface area contributed by atoms with Crippen molar-refractivity contribution in [3.63, 3.8) is 0 Å². The summed E-state index contributed by atoms with van der Waals surface area (Å²) in [7, 11) is 1.69. The Morgan fingerprint density at radius 2 is 2.05 bits per heavy atom. The molecule has 0 bridgehead atoms. The van der Waals surface area contributed by atoms with Crippen LogP contribution in [-0.4, -0.2) is 25.9 Å². The van der Waals surface area contributed by atoms with E-state index in [0.717, 1.165) is 30.7 Å². The molecule has 120 valence electrons. The van der Waals surface area contributed by atoms with E-state index in [4.69, 9.17) is 9.47 Å². The summed E-state index contributed by atoms with van der Waals surface area (Å²) in [4.78, 5) is 0. The number of benzene rings is 1. The van der Waals surface area contributed by atoms with E-state index in [2.05, 4.69) is 12.2 Å². The van der Waals surface area contributed by atoms with Gasteiger partial charge in [-0.2, -0.15) is 0 Å². The van der Waals surface area contributed by atoms with Crippen LogP contribution >= 0.6 is 0 Å². The summed E-state index contributed by atoms with van der Waals surface area (Å²) >= 11 is 0. The molecule has 0 aromatic heterocycles. The molecule has 21 heavy (non-hydrogen) atoms. The predicted molar refractivity (Wildman–Crippen MR) is 84.3 cm³/mol. The van der Waals surface area contributed by atoms with Gasteiger partial charge in [0.2, 0.25) is 0 Å². The van der Waals surface area contributed by atoms with E-state index in [1.54, 1.807) is 19.2 Å². The molecule has 1 aromatic rings. The smallest absolute Gasteiger partial charge is 0.124 e.